The van der Waals surface area contributed by atoms with Gasteiger partial charge in [0.05, 0.1) is 11.8 Å². The molecule has 0 radical (unpaired) electrons. The Balaban J connectivity index is 2.04. The monoisotopic (exact) mass is 335 g/mol. The lowest BCUT2D eigenvalue weighted by Crippen LogP contribution is -2.24. The normalized spacial score (nSPS) is 11.8. The summed E-state index contributed by atoms with van der Waals surface area (Å²) in [4.78, 5) is 12.1. The predicted molar refractivity (Wildman–Crippen MR) is 88.9 cm³/mol. The molecule has 0 unspecified atom stereocenters. The number of amides is 1. The summed E-state index contributed by atoms with van der Waals surface area (Å²) < 4.78 is 25.6. The van der Waals surface area contributed by atoms with Crippen molar-refractivity contribution in [2.75, 3.05) is 0 Å². The van der Waals surface area contributed by atoms with Gasteiger partial charge >= 0.3 is 0 Å². The number of H-pyrrole nitrogens is 1. The van der Waals surface area contributed by atoms with Crippen molar-refractivity contribution in [2.45, 2.75) is 46.6 Å². The molecule has 130 valence electrons. The Hall–Kier alpha value is -2.24. The molecule has 0 fully saturated rings. The van der Waals surface area contributed by atoms with Gasteiger partial charge in [-0.05, 0) is 29.4 Å². The molecule has 6 heteroatoms. The van der Waals surface area contributed by atoms with Gasteiger partial charge in [0.1, 0.15) is 5.69 Å². The van der Waals surface area contributed by atoms with E-state index in [1.165, 1.54) is 0 Å². The van der Waals surface area contributed by atoms with Gasteiger partial charge in [0.2, 0.25) is 0 Å². The van der Waals surface area contributed by atoms with Gasteiger partial charge in [0.15, 0.2) is 0 Å². The van der Waals surface area contributed by atoms with E-state index in [1.54, 1.807) is 0 Å². The fourth-order valence-electron chi connectivity index (χ4n) is 2.40. The van der Waals surface area contributed by atoms with Gasteiger partial charge in [-0.15, -0.1) is 0 Å². The summed E-state index contributed by atoms with van der Waals surface area (Å²) in [6, 6.07) is 7.86. The maximum Gasteiger partial charge on any atom is 0.280 e. The van der Waals surface area contributed by atoms with Crippen molar-refractivity contribution >= 4 is 5.91 Å². The molecule has 0 aliphatic rings. The fraction of sp³-hybridized carbons (Fsp3) is 0.444. The third-order valence-corrected chi connectivity index (χ3v) is 3.83. The zero-order valence-electron chi connectivity index (χ0n) is 14.2. The number of hydrogen-bond donors (Lipinski definition) is 2. The molecule has 0 aliphatic carbocycles. The molecule has 1 aromatic carbocycles. The van der Waals surface area contributed by atoms with E-state index in [-0.39, 0.29) is 11.0 Å². The van der Waals surface area contributed by atoms with Crippen LogP contribution in [0.25, 0.3) is 0 Å². The molecule has 4 nitrogen and oxygen atoms in total. The summed E-state index contributed by atoms with van der Waals surface area (Å²) in [5, 5.41) is 8.40. The molecule has 1 amide bonds. The highest BCUT2D eigenvalue weighted by atomic mass is 19.3. The SMILES string of the molecule is CC(C)(C)CCc1ccccc1CNC(=O)c1cn[nH]c1C(F)F. The van der Waals surface area contributed by atoms with E-state index < -0.39 is 18.0 Å². The van der Waals surface area contributed by atoms with E-state index in [4.69, 9.17) is 0 Å². The van der Waals surface area contributed by atoms with Crippen LogP contribution < -0.4 is 5.32 Å². The first-order chi connectivity index (χ1) is 11.3. The molecule has 1 heterocycles. The zero-order valence-corrected chi connectivity index (χ0v) is 14.2. The topological polar surface area (TPSA) is 57.8 Å². The van der Waals surface area contributed by atoms with Crippen LogP contribution in [0.5, 0.6) is 0 Å². The first kappa shape index (κ1) is 18.1. The number of nitrogens with one attached hydrogen (secondary N) is 2. The number of alkyl halides is 2. The minimum Gasteiger partial charge on any atom is -0.348 e. The van der Waals surface area contributed by atoms with Gasteiger partial charge in [-0.2, -0.15) is 5.10 Å². The van der Waals surface area contributed by atoms with Crippen LogP contribution in [0, 0.1) is 5.41 Å². The number of carbonyl (C=O) groups is 1. The first-order valence-corrected chi connectivity index (χ1v) is 7.94. The van der Waals surface area contributed by atoms with E-state index in [2.05, 4.69) is 36.3 Å². The van der Waals surface area contributed by atoms with Crippen molar-refractivity contribution in [3.05, 3.63) is 52.8 Å². The molecular formula is C18H23F2N3O. The number of benzene rings is 1. The second-order valence-electron chi connectivity index (χ2n) is 7.01. The number of carbonyl (C=O) groups excluding carboxylic acids is 1. The number of hydrogen-bond acceptors (Lipinski definition) is 2. The number of halogens is 2. The van der Waals surface area contributed by atoms with E-state index in [0.717, 1.165) is 30.2 Å². The number of aryl methyl sites for hydroxylation is 1. The maximum absolute atomic E-state index is 12.8. The lowest BCUT2D eigenvalue weighted by atomic mass is 9.87. The second kappa shape index (κ2) is 7.55. The molecule has 1 aromatic heterocycles. The minimum atomic E-state index is -2.76. The van der Waals surface area contributed by atoms with Crippen molar-refractivity contribution in [2.24, 2.45) is 5.41 Å². The molecule has 0 atom stereocenters. The van der Waals surface area contributed by atoms with Crippen LogP contribution in [0.1, 0.15) is 60.8 Å². The molecule has 0 spiro atoms. The van der Waals surface area contributed by atoms with Gasteiger partial charge in [-0.3, -0.25) is 9.89 Å². The molecule has 2 rings (SSSR count). The smallest absolute Gasteiger partial charge is 0.280 e. The Bertz CT molecular complexity index is 690. The minimum absolute atomic E-state index is 0.114. The van der Waals surface area contributed by atoms with Crippen molar-refractivity contribution < 1.29 is 13.6 Å². The molecule has 0 aliphatic heterocycles. The van der Waals surface area contributed by atoms with E-state index >= 15 is 0 Å². The van der Waals surface area contributed by atoms with Gasteiger partial charge in [-0.1, -0.05) is 45.0 Å². The second-order valence-corrected chi connectivity index (χ2v) is 7.01. The summed E-state index contributed by atoms with van der Waals surface area (Å²) in [7, 11) is 0. The van der Waals surface area contributed by atoms with E-state index in [0.29, 0.717) is 6.54 Å². The highest BCUT2D eigenvalue weighted by molar-refractivity contribution is 5.95. The molecular weight excluding hydrogens is 312 g/mol. The average Bonchev–Trinajstić information content (AvgIpc) is 3.00. The summed E-state index contributed by atoms with van der Waals surface area (Å²) in [6.45, 7) is 6.85. The number of rotatable bonds is 6. The van der Waals surface area contributed by atoms with Crippen molar-refractivity contribution in [1.82, 2.24) is 15.5 Å². The Morgan fingerprint density at radius 3 is 2.54 bits per heavy atom. The molecule has 0 bridgehead atoms. The molecule has 2 N–H and O–H groups in total. The molecule has 0 saturated carbocycles. The molecule has 2 aromatic rings. The Labute approximate surface area is 140 Å². The Morgan fingerprint density at radius 2 is 1.92 bits per heavy atom. The first-order valence-electron chi connectivity index (χ1n) is 7.94. The molecule has 24 heavy (non-hydrogen) atoms. The van der Waals surface area contributed by atoms with Crippen LogP contribution in [-0.2, 0) is 13.0 Å². The number of aromatic nitrogens is 2. The fourth-order valence-corrected chi connectivity index (χ4v) is 2.40. The molecule has 0 saturated heterocycles. The standard InChI is InChI=1S/C18H23F2N3O/c1-18(2,3)9-8-12-6-4-5-7-13(12)10-21-17(24)14-11-22-23-15(14)16(19)20/h4-7,11,16H,8-10H2,1-3H3,(H,21,24)(H,22,23). The number of aromatic amines is 1. The van der Waals surface area contributed by atoms with Crippen LogP contribution in [0.15, 0.2) is 30.5 Å². The van der Waals surface area contributed by atoms with Crippen LogP contribution in [0.4, 0.5) is 8.78 Å². The van der Waals surface area contributed by atoms with Gasteiger partial charge < -0.3 is 5.32 Å². The Kier molecular flexibility index (Phi) is 5.70. The summed E-state index contributed by atoms with van der Waals surface area (Å²) in [5.41, 5.74) is 1.82. The zero-order chi connectivity index (χ0) is 17.7. The summed E-state index contributed by atoms with van der Waals surface area (Å²) >= 11 is 0. The predicted octanol–water partition coefficient (Wildman–Crippen LogP) is 4.26. The van der Waals surface area contributed by atoms with Crippen LogP contribution in [-0.4, -0.2) is 16.1 Å². The highest BCUT2D eigenvalue weighted by Gasteiger charge is 2.20. The largest absolute Gasteiger partial charge is 0.348 e. The van der Waals surface area contributed by atoms with Crippen molar-refractivity contribution in [3.63, 3.8) is 0 Å². The third kappa shape index (κ3) is 4.88. The summed E-state index contributed by atoms with van der Waals surface area (Å²) in [6.07, 6.45) is 0.300. The van der Waals surface area contributed by atoms with Crippen LogP contribution in [0.3, 0.4) is 0 Å². The van der Waals surface area contributed by atoms with Gasteiger partial charge in [0, 0.05) is 6.54 Å². The maximum atomic E-state index is 12.8. The van der Waals surface area contributed by atoms with E-state index in [9.17, 15) is 13.6 Å². The Morgan fingerprint density at radius 1 is 1.25 bits per heavy atom. The summed E-state index contributed by atoms with van der Waals surface area (Å²) in [5.74, 6) is -0.551. The average molecular weight is 335 g/mol. The van der Waals surface area contributed by atoms with Crippen molar-refractivity contribution in [3.8, 4) is 0 Å². The van der Waals surface area contributed by atoms with Gasteiger partial charge in [0.25, 0.3) is 12.3 Å². The quantitative estimate of drug-likeness (QED) is 0.829. The van der Waals surface area contributed by atoms with Gasteiger partial charge in [-0.25, -0.2) is 8.78 Å². The lowest BCUT2D eigenvalue weighted by Gasteiger charge is -2.19. The highest BCUT2D eigenvalue weighted by Crippen LogP contribution is 2.23. The van der Waals surface area contributed by atoms with Crippen LogP contribution >= 0.6 is 0 Å². The third-order valence-electron chi connectivity index (χ3n) is 3.83. The van der Waals surface area contributed by atoms with Crippen LogP contribution in [0.2, 0.25) is 0 Å². The lowest BCUT2D eigenvalue weighted by molar-refractivity contribution is 0.0936. The van der Waals surface area contributed by atoms with Crippen molar-refractivity contribution in [1.29, 1.82) is 0 Å². The number of nitrogens with zero attached hydrogens (tertiary/aromatic N) is 1. The van der Waals surface area contributed by atoms with E-state index in [1.807, 2.05) is 24.3 Å².